The van der Waals surface area contributed by atoms with Gasteiger partial charge in [0, 0.05) is 23.1 Å². The van der Waals surface area contributed by atoms with Crippen LogP contribution in [0.15, 0.2) is 48.0 Å². The summed E-state index contributed by atoms with van der Waals surface area (Å²) >= 11 is 0. The SMILES string of the molecule is C[C@@H]1C(O)C(C(N)=O)C(=O)C2C(=O)C3=C(O)c4c(ccc(NC(=O)Nc5ccccc5)c4O)[C@H](C)C3[C@H](O)C21. The van der Waals surface area contributed by atoms with Gasteiger partial charge < -0.3 is 36.8 Å². The van der Waals surface area contributed by atoms with Crippen molar-refractivity contribution in [3.05, 3.63) is 59.2 Å². The van der Waals surface area contributed by atoms with Crippen LogP contribution < -0.4 is 16.4 Å². The van der Waals surface area contributed by atoms with Gasteiger partial charge >= 0.3 is 6.03 Å². The fraction of sp³-hybridized carbons (Fsp3) is 0.357. The fourth-order valence-corrected chi connectivity index (χ4v) is 6.54. The number of fused-ring (bicyclic) bond motifs is 3. The van der Waals surface area contributed by atoms with Crippen LogP contribution in [0.3, 0.4) is 0 Å². The molecule has 0 aliphatic heterocycles. The predicted octanol–water partition coefficient (Wildman–Crippen LogP) is 1.90. The number of nitrogens with one attached hydrogen (secondary N) is 2. The molecule has 11 heteroatoms. The number of nitrogens with two attached hydrogens (primary N) is 1. The lowest BCUT2D eigenvalue weighted by Gasteiger charge is -2.51. The first-order valence-corrected chi connectivity index (χ1v) is 12.6. The van der Waals surface area contributed by atoms with Gasteiger partial charge in [0.25, 0.3) is 0 Å². The number of aliphatic hydroxyl groups is 3. The molecule has 0 bridgehead atoms. The lowest BCUT2D eigenvalue weighted by Crippen LogP contribution is -2.62. The van der Waals surface area contributed by atoms with E-state index in [0.29, 0.717) is 11.3 Å². The highest BCUT2D eigenvalue weighted by Gasteiger charge is 2.61. The number of carbonyl (C=O) groups excluding carboxylic acids is 4. The average Bonchev–Trinajstić information content (AvgIpc) is 2.88. The first-order chi connectivity index (χ1) is 18.5. The third-order valence-corrected chi connectivity index (χ3v) is 8.45. The minimum absolute atomic E-state index is 0.0408. The van der Waals surface area contributed by atoms with Crippen LogP contribution in [-0.2, 0) is 14.4 Å². The van der Waals surface area contributed by atoms with Gasteiger partial charge in [-0.05, 0) is 35.6 Å². The Morgan fingerprint density at radius 3 is 2.23 bits per heavy atom. The zero-order valence-corrected chi connectivity index (χ0v) is 21.2. The van der Waals surface area contributed by atoms with Crippen molar-refractivity contribution in [2.75, 3.05) is 10.6 Å². The minimum Gasteiger partial charge on any atom is -0.507 e. The molecule has 2 saturated carbocycles. The third kappa shape index (κ3) is 3.96. The summed E-state index contributed by atoms with van der Waals surface area (Å²) in [5.74, 6) is -10.4. The van der Waals surface area contributed by atoms with Crippen molar-refractivity contribution in [3.63, 3.8) is 0 Å². The van der Waals surface area contributed by atoms with Gasteiger partial charge in [0.15, 0.2) is 11.6 Å². The number of carbonyl (C=O) groups is 4. The molecule has 2 fully saturated rings. The van der Waals surface area contributed by atoms with Gasteiger partial charge in [-0.2, -0.15) is 0 Å². The molecule has 5 unspecified atom stereocenters. The van der Waals surface area contributed by atoms with Gasteiger partial charge in [0.2, 0.25) is 5.91 Å². The van der Waals surface area contributed by atoms with Crippen LogP contribution in [0.25, 0.3) is 5.76 Å². The monoisotopic (exact) mass is 535 g/mol. The van der Waals surface area contributed by atoms with Gasteiger partial charge in [-0.3, -0.25) is 14.4 Å². The summed E-state index contributed by atoms with van der Waals surface area (Å²) in [5.41, 5.74) is 5.89. The number of para-hydroxylation sites is 1. The number of amides is 3. The number of hydrogen-bond donors (Lipinski definition) is 7. The van der Waals surface area contributed by atoms with Crippen molar-refractivity contribution in [3.8, 4) is 5.75 Å². The number of phenolic OH excluding ortho intramolecular Hbond substituents is 1. The zero-order valence-electron chi connectivity index (χ0n) is 21.2. The second kappa shape index (κ2) is 9.51. The number of hydrogen-bond acceptors (Lipinski definition) is 8. The van der Waals surface area contributed by atoms with Crippen LogP contribution in [0.1, 0.15) is 30.9 Å². The molecular formula is C28H29N3O8. The van der Waals surface area contributed by atoms with E-state index in [1.54, 1.807) is 50.2 Å². The molecule has 3 amide bonds. The number of aliphatic hydroxyl groups excluding tert-OH is 3. The number of Topliss-reactive ketones (excluding diaryl/α,β-unsaturated/α-hetero) is 2. The molecule has 0 saturated heterocycles. The van der Waals surface area contributed by atoms with E-state index in [1.165, 1.54) is 6.07 Å². The maximum atomic E-state index is 13.8. The topological polar surface area (TPSA) is 199 Å². The molecule has 8 atom stereocenters. The Balaban J connectivity index is 1.55. The second-order valence-corrected chi connectivity index (χ2v) is 10.5. The van der Waals surface area contributed by atoms with Crippen LogP contribution in [-0.4, -0.2) is 56.1 Å². The zero-order chi connectivity index (χ0) is 28.3. The summed E-state index contributed by atoms with van der Waals surface area (Å²) in [5, 5.41) is 49.6. The lowest BCUT2D eigenvalue weighted by molar-refractivity contribution is -0.164. The average molecular weight is 536 g/mol. The summed E-state index contributed by atoms with van der Waals surface area (Å²) < 4.78 is 0. The Morgan fingerprint density at radius 2 is 1.59 bits per heavy atom. The van der Waals surface area contributed by atoms with E-state index in [2.05, 4.69) is 10.6 Å². The molecule has 0 heterocycles. The smallest absolute Gasteiger partial charge is 0.323 e. The minimum atomic E-state index is -1.63. The highest BCUT2D eigenvalue weighted by molar-refractivity contribution is 6.19. The summed E-state index contributed by atoms with van der Waals surface area (Å²) in [7, 11) is 0. The van der Waals surface area contributed by atoms with E-state index in [1.807, 2.05) is 0 Å². The maximum Gasteiger partial charge on any atom is 0.323 e. The molecule has 5 rings (SSSR count). The molecular weight excluding hydrogens is 506 g/mol. The van der Waals surface area contributed by atoms with Crippen LogP contribution in [0, 0.1) is 29.6 Å². The second-order valence-electron chi connectivity index (χ2n) is 10.5. The van der Waals surface area contributed by atoms with E-state index < -0.39 is 82.7 Å². The number of ketones is 2. The normalized spacial score (nSPS) is 31.6. The number of rotatable bonds is 3. The third-order valence-electron chi connectivity index (χ3n) is 8.45. The van der Waals surface area contributed by atoms with Gasteiger partial charge in [-0.1, -0.05) is 38.1 Å². The van der Waals surface area contributed by atoms with E-state index in [4.69, 9.17) is 5.73 Å². The molecule has 11 nitrogen and oxygen atoms in total. The van der Waals surface area contributed by atoms with Gasteiger partial charge in [0.05, 0.1) is 29.4 Å². The maximum absolute atomic E-state index is 13.8. The van der Waals surface area contributed by atoms with Gasteiger partial charge in [-0.25, -0.2) is 4.79 Å². The Labute approximate surface area is 223 Å². The first-order valence-electron chi connectivity index (χ1n) is 12.6. The molecule has 3 aliphatic carbocycles. The van der Waals surface area contributed by atoms with Crippen molar-refractivity contribution < 1.29 is 39.6 Å². The standard InChI is InChI=1S/C28H29N3O8/c1-10-13-8-9-14(31-28(39)30-12-6-4-3-5-7-12)22(33)17(13)24(35)18-15(10)23(34)16-11(2)21(32)20(27(29)38)26(37)19(16)25(18)36/h3-11,15-16,19-21,23,32-35H,1-2H3,(H2,29,38)(H2,30,31,39)/t10-,11-,15?,16?,19?,20?,21?,23-/m0/s1. The molecule has 204 valence electrons. The van der Waals surface area contributed by atoms with Crippen molar-refractivity contribution in [2.45, 2.75) is 32.0 Å². The number of phenols is 1. The number of anilines is 2. The molecule has 2 aromatic carbocycles. The number of aromatic hydroxyl groups is 1. The van der Waals surface area contributed by atoms with Crippen LogP contribution >= 0.6 is 0 Å². The van der Waals surface area contributed by atoms with Crippen LogP contribution in [0.4, 0.5) is 16.2 Å². The molecule has 39 heavy (non-hydrogen) atoms. The van der Waals surface area contributed by atoms with Crippen molar-refractivity contribution in [2.24, 2.45) is 35.3 Å². The number of benzene rings is 2. The largest absolute Gasteiger partial charge is 0.507 e. The molecule has 3 aliphatic rings. The Kier molecular flexibility index (Phi) is 6.44. The number of urea groups is 1. The van der Waals surface area contributed by atoms with Gasteiger partial charge in [0.1, 0.15) is 17.4 Å². The van der Waals surface area contributed by atoms with Crippen LogP contribution in [0.5, 0.6) is 5.75 Å². The van der Waals surface area contributed by atoms with Gasteiger partial charge in [-0.15, -0.1) is 0 Å². The fourth-order valence-electron chi connectivity index (χ4n) is 6.54. The number of primary amides is 1. The molecule has 0 spiro atoms. The summed E-state index contributed by atoms with van der Waals surface area (Å²) in [6, 6.07) is 11.0. The van der Waals surface area contributed by atoms with Crippen molar-refractivity contribution in [1.29, 1.82) is 0 Å². The quantitative estimate of drug-likeness (QED) is 0.228. The molecule has 2 aromatic rings. The Morgan fingerprint density at radius 1 is 0.923 bits per heavy atom. The highest BCUT2D eigenvalue weighted by atomic mass is 16.3. The summed E-state index contributed by atoms with van der Waals surface area (Å²) in [6.45, 7) is 3.25. The van der Waals surface area contributed by atoms with Crippen LogP contribution in [0.2, 0.25) is 0 Å². The Bertz CT molecular complexity index is 1420. The molecule has 0 aromatic heterocycles. The lowest BCUT2D eigenvalue weighted by atomic mass is 9.53. The van der Waals surface area contributed by atoms with E-state index in [9.17, 15) is 39.6 Å². The predicted molar refractivity (Wildman–Crippen MR) is 139 cm³/mol. The van der Waals surface area contributed by atoms with Crippen molar-refractivity contribution in [1.82, 2.24) is 0 Å². The van der Waals surface area contributed by atoms with E-state index >= 15 is 0 Å². The highest BCUT2D eigenvalue weighted by Crippen LogP contribution is 2.55. The first kappa shape index (κ1) is 26.4. The molecule has 8 N–H and O–H groups in total. The van der Waals surface area contributed by atoms with E-state index in [0.717, 1.165) is 0 Å². The van der Waals surface area contributed by atoms with E-state index in [-0.39, 0.29) is 16.8 Å². The molecule has 0 radical (unpaired) electrons. The Hall–Kier alpha value is -4.22. The summed E-state index contributed by atoms with van der Waals surface area (Å²) in [6.07, 6.45) is -2.80. The summed E-state index contributed by atoms with van der Waals surface area (Å²) in [4.78, 5) is 51.5. The van der Waals surface area contributed by atoms with Crippen molar-refractivity contribution >= 4 is 40.6 Å².